The molecule has 118 valence electrons. The van der Waals surface area contributed by atoms with Gasteiger partial charge in [-0.3, -0.25) is 4.79 Å². The third-order valence-electron chi connectivity index (χ3n) is 3.05. The van der Waals surface area contributed by atoms with Crippen molar-refractivity contribution in [2.45, 2.75) is 24.5 Å². The Hall–Kier alpha value is -1.70. The van der Waals surface area contributed by atoms with Gasteiger partial charge in [-0.15, -0.1) is 11.3 Å². The quantitative estimate of drug-likeness (QED) is 0.850. The SMILES string of the molecule is CCc1ccc(NC(=O)CNS(=O)(=O)c2ccc(C)s2)cc1. The van der Waals surface area contributed by atoms with Gasteiger partial charge >= 0.3 is 0 Å². The van der Waals surface area contributed by atoms with Gasteiger partial charge in [-0.25, -0.2) is 13.1 Å². The van der Waals surface area contributed by atoms with Crippen LogP contribution in [0, 0.1) is 6.92 Å². The summed E-state index contributed by atoms with van der Waals surface area (Å²) in [5.74, 6) is -0.402. The summed E-state index contributed by atoms with van der Waals surface area (Å²) in [7, 11) is -3.63. The molecule has 0 saturated heterocycles. The number of hydrogen-bond acceptors (Lipinski definition) is 4. The van der Waals surface area contributed by atoms with Gasteiger partial charge in [-0.05, 0) is 43.2 Å². The number of hydrogen-bond donors (Lipinski definition) is 2. The van der Waals surface area contributed by atoms with E-state index in [0.717, 1.165) is 11.3 Å². The van der Waals surface area contributed by atoms with Crippen LogP contribution in [0.25, 0.3) is 0 Å². The molecule has 22 heavy (non-hydrogen) atoms. The molecule has 2 N–H and O–H groups in total. The highest BCUT2D eigenvalue weighted by atomic mass is 32.2. The van der Waals surface area contributed by atoms with Gasteiger partial charge in [0, 0.05) is 10.6 Å². The number of anilines is 1. The first-order chi connectivity index (χ1) is 10.4. The van der Waals surface area contributed by atoms with Gasteiger partial charge in [0.25, 0.3) is 10.0 Å². The maximum absolute atomic E-state index is 12.0. The zero-order valence-corrected chi connectivity index (χ0v) is 14.1. The van der Waals surface area contributed by atoms with Crippen molar-refractivity contribution in [2.24, 2.45) is 0 Å². The Morgan fingerprint density at radius 2 is 1.82 bits per heavy atom. The van der Waals surface area contributed by atoms with Crippen LogP contribution in [0.4, 0.5) is 5.69 Å². The van der Waals surface area contributed by atoms with Crippen LogP contribution in [-0.4, -0.2) is 20.9 Å². The number of carbonyl (C=O) groups excluding carboxylic acids is 1. The molecule has 0 unspecified atom stereocenters. The zero-order valence-electron chi connectivity index (χ0n) is 12.4. The van der Waals surface area contributed by atoms with E-state index in [1.165, 1.54) is 23.0 Å². The van der Waals surface area contributed by atoms with Crippen LogP contribution in [-0.2, 0) is 21.2 Å². The number of carbonyl (C=O) groups is 1. The fourth-order valence-corrected chi connectivity index (χ4v) is 4.13. The topological polar surface area (TPSA) is 75.3 Å². The Balaban J connectivity index is 1.92. The molecule has 0 aliphatic heterocycles. The summed E-state index contributed by atoms with van der Waals surface area (Å²) in [6.07, 6.45) is 0.925. The number of thiophene rings is 1. The lowest BCUT2D eigenvalue weighted by Crippen LogP contribution is -2.32. The van der Waals surface area contributed by atoms with E-state index in [2.05, 4.69) is 17.0 Å². The van der Waals surface area contributed by atoms with Crippen molar-refractivity contribution in [3.8, 4) is 0 Å². The van der Waals surface area contributed by atoms with Gasteiger partial charge in [0.2, 0.25) is 5.91 Å². The summed E-state index contributed by atoms with van der Waals surface area (Å²) < 4.78 is 26.5. The molecule has 1 aromatic heterocycles. The van der Waals surface area contributed by atoms with Crippen molar-refractivity contribution in [2.75, 3.05) is 11.9 Å². The molecule has 5 nitrogen and oxygen atoms in total. The molecule has 0 bridgehead atoms. The molecule has 1 aromatic carbocycles. The molecule has 2 rings (SSSR count). The van der Waals surface area contributed by atoms with E-state index in [0.29, 0.717) is 5.69 Å². The molecule has 0 aliphatic carbocycles. The second-order valence-corrected chi connectivity index (χ2v) is 8.07. The zero-order chi connectivity index (χ0) is 16.2. The van der Waals surface area contributed by atoms with Gasteiger partial charge in [0.05, 0.1) is 6.54 Å². The monoisotopic (exact) mass is 338 g/mol. The second kappa shape index (κ2) is 7.04. The van der Waals surface area contributed by atoms with Gasteiger partial charge < -0.3 is 5.32 Å². The van der Waals surface area contributed by atoms with Gasteiger partial charge in [-0.2, -0.15) is 0 Å². The lowest BCUT2D eigenvalue weighted by Gasteiger charge is -2.07. The molecule has 7 heteroatoms. The van der Waals surface area contributed by atoms with E-state index in [4.69, 9.17) is 0 Å². The summed E-state index contributed by atoms with van der Waals surface area (Å²) in [6.45, 7) is 3.58. The first-order valence-electron chi connectivity index (χ1n) is 6.85. The number of amides is 1. The molecular formula is C15H18N2O3S2. The van der Waals surface area contributed by atoms with Crippen molar-refractivity contribution >= 4 is 33.0 Å². The van der Waals surface area contributed by atoms with Gasteiger partial charge in [-0.1, -0.05) is 19.1 Å². The molecule has 1 amide bonds. The average molecular weight is 338 g/mol. The first-order valence-corrected chi connectivity index (χ1v) is 9.15. The third-order valence-corrected chi connectivity index (χ3v) is 5.94. The van der Waals surface area contributed by atoms with E-state index < -0.39 is 15.9 Å². The summed E-state index contributed by atoms with van der Waals surface area (Å²) in [4.78, 5) is 12.7. The Morgan fingerprint density at radius 3 is 2.36 bits per heavy atom. The molecule has 0 saturated carbocycles. The molecule has 0 atom stereocenters. The number of sulfonamides is 1. The normalized spacial score (nSPS) is 11.4. The minimum absolute atomic E-state index is 0.213. The predicted octanol–water partition coefficient (Wildman–Crippen LogP) is 2.54. The number of aryl methyl sites for hydroxylation is 2. The molecule has 0 fully saturated rings. The lowest BCUT2D eigenvalue weighted by atomic mass is 10.1. The van der Waals surface area contributed by atoms with Crippen LogP contribution in [0.3, 0.4) is 0 Å². The van der Waals surface area contributed by atoms with Crippen molar-refractivity contribution < 1.29 is 13.2 Å². The predicted molar refractivity (Wildman–Crippen MR) is 88.7 cm³/mol. The number of nitrogens with one attached hydrogen (secondary N) is 2. The molecule has 0 spiro atoms. The lowest BCUT2D eigenvalue weighted by molar-refractivity contribution is -0.115. The Labute approximate surface area is 134 Å². The van der Waals surface area contributed by atoms with E-state index in [1.54, 1.807) is 18.2 Å². The minimum atomic E-state index is -3.63. The number of benzene rings is 1. The largest absolute Gasteiger partial charge is 0.325 e. The molecule has 1 heterocycles. The number of rotatable bonds is 6. The van der Waals surface area contributed by atoms with Crippen LogP contribution < -0.4 is 10.0 Å². The summed E-state index contributed by atoms with van der Waals surface area (Å²) in [6, 6.07) is 10.7. The molecule has 2 aromatic rings. The highest BCUT2D eigenvalue weighted by Crippen LogP contribution is 2.20. The van der Waals surface area contributed by atoms with Crippen LogP contribution in [0.1, 0.15) is 17.4 Å². The molecule has 0 radical (unpaired) electrons. The summed E-state index contributed by atoms with van der Waals surface area (Å²) in [5, 5.41) is 2.66. The highest BCUT2D eigenvalue weighted by Gasteiger charge is 2.17. The van der Waals surface area contributed by atoms with Gasteiger partial charge in [0.1, 0.15) is 4.21 Å². The standard InChI is InChI=1S/C15H18N2O3S2/c1-3-12-5-7-13(8-6-12)17-14(18)10-16-22(19,20)15-9-4-11(2)21-15/h4-9,16H,3,10H2,1-2H3,(H,17,18). The Bertz CT molecular complexity index is 749. The average Bonchev–Trinajstić information content (AvgIpc) is 2.94. The van der Waals surface area contributed by atoms with Crippen molar-refractivity contribution in [1.29, 1.82) is 0 Å². The summed E-state index contributed by atoms with van der Waals surface area (Å²) in [5.41, 5.74) is 1.82. The molecule has 0 aliphatic rings. The van der Waals surface area contributed by atoms with Crippen molar-refractivity contribution in [3.63, 3.8) is 0 Å². The van der Waals surface area contributed by atoms with E-state index >= 15 is 0 Å². The first kappa shape index (κ1) is 16.7. The second-order valence-electron chi connectivity index (χ2n) is 4.79. The van der Waals surface area contributed by atoms with Crippen LogP contribution in [0.2, 0.25) is 0 Å². The van der Waals surface area contributed by atoms with Gasteiger partial charge in [0.15, 0.2) is 0 Å². The van der Waals surface area contributed by atoms with Crippen LogP contribution in [0.15, 0.2) is 40.6 Å². The van der Waals surface area contributed by atoms with Crippen LogP contribution >= 0.6 is 11.3 Å². The fraction of sp³-hybridized carbons (Fsp3) is 0.267. The highest BCUT2D eigenvalue weighted by molar-refractivity contribution is 7.91. The maximum atomic E-state index is 12.0. The smallest absolute Gasteiger partial charge is 0.250 e. The Kier molecular flexibility index (Phi) is 5.33. The fourth-order valence-electron chi connectivity index (χ4n) is 1.82. The van der Waals surface area contributed by atoms with E-state index in [9.17, 15) is 13.2 Å². The van der Waals surface area contributed by atoms with Crippen molar-refractivity contribution in [3.05, 3.63) is 46.8 Å². The summed E-state index contributed by atoms with van der Waals surface area (Å²) >= 11 is 1.17. The minimum Gasteiger partial charge on any atom is -0.325 e. The third kappa shape index (κ3) is 4.40. The van der Waals surface area contributed by atoms with Crippen molar-refractivity contribution in [1.82, 2.24) is 4.72 Å². The maximum Gasteiger partial charge on any atom is 0.250 e. The van der Waals surface area contributed by atoms with Crippen LogP contribution in [0.5, 0.6) is 0 Å². The Morgan fingerprint density at radius 1 is 1.14 bits per heavy atom. The van der Waals surface area contributed by atoms with E-state index in [-0.39, 0.29) is 10.8 Å². The van der Waals surface area contributed by atoms with E-state index in [1.807, 2.05) is 19.1 Å². The molecular weight excluding hydrogens is 320 g/mol.